The van der Waals surface area contributed by atoms with Crippen LogP contribution in [0.5, 0.6) is 0 Å². The van der Waals surface area contributed by atoms with Crippen molar-refractivity contribution in [1.29, 1.82) is 0 Å². The van der Waals surface area contributed by atoms with Crippen LogP contribution < -0.4 is 0 Å². The summed E-state index contributed by atoms with van der Waals surface area (Å²) >= 11 is 0. The molecular formula is C8H8N8O4. The molecule has 12 nitrogen and oxygen atoms in total. The first-order chi connectivity index (χ1) is 10.0. The molecular weight excluding hydrogens is 272 g/mol. The van der Waals surface area contributed by atoms with Gasteiger partial charge in [-0.1, -0.05) is 15.5 Å². The van der Waals surface area contributed by atoms with E-state index in [2.05, 4.69) is 58.6 Å². The lowest BCUT2D eigenvalue weighted by Crippen LogP contribution is -1.53. The van der Waals surface area contributed by atoms with Gasteiger partial charge >= 0.3 is 0 Å². The average molecular weight is 280 g/mol. The van der Waals surface area contributed by atoms with Crippen LogP contribution in [0.25, 0.3) is 0 Å². The van der Waals surface area contributed by atoms with Crippen LogP contribution in [0.1, 0.15) is 0 Å². The van der Waals surface area contributed by atoms with E-state index in [1.54, 1.807) is 0 Å². The number of aromatic nitrogens is 8. The molecule has 0 aliphatic rings. The van der Waals surface area contributed by atoms with Crippen LogP contribution in [-0.4, -0.2) is 40.6 Å². The Hall–Kier alpha value is -3.44. The van der Waals surface area contributed by atoms with Crippen LogP contribution in [0.4, 0.5) is 0 Å². The van der Waals surface area contributed by atoms with Gasteiger partial charge in [-0.3, -0.25) is 0 Å². The highest BCUT2D eigenvalue weighted by molar-refractivity contribution is 4.36. The van der Waals surface area contributed by atoms with E-state index in [-0.39, 0.29) is 0 Å². The largest absolute Gasteiger partial charge is 0.431 e. The van der Waals surface area contributed by atoms with Gasteiger partial charge in [0.15, 0.2) is 19.0 Å². The van der Waals surface area contributed by atoms with Crippen molar-refractivity contribution in [1.82, 2.24) is 40.6 Å². The fourth-order valence-corrected chi connectivity index (χ4v) is 0.544. The minimum atomic E-state index is 1.26. The standard InChI is InChI=1S/4C2H2N2O/c1-3-4-2-5-1;3*1-3-2-5-4-1/h4*1-2H. The van der Waals surface area contributed by atoms with E-state index < -0.39 is 0 Å². The Bertz CT molecular complexity index is 361. The van der Waals surface area contributed by atoms with Gasteiger partial charge in [-0.2, -0.15) is 0 Å². The SMILES string of the molecule is c1ncon1.c1ncon1.c1ncon1.c1nnco1. The maximum Gasteiger partial charge on any atom is 0.213 e. The van der Waals surface area contributed by atoms with Crippen LogP contribution in [-0.2, 0) is 0 Å². The highest BCUT2D eigenvalue weighted by atomic mass is 16.5. The minimum Gasteiger partial charge on any atom is -0.431 e. The zero-order valence-corrected chi connectivity index (χ0v) is 9.83. The van der Waals surface area contributed by atoms with Crippen molar-refractivity contribution in [3.63, 3.8) is 0 Å². The fourth-order valence-electron chi connectivity index (χ4n) is 0.544. The van der Waals surface area contributed by atoms with Crippen molar-refractivity contribution in [2.75, 3.05) is 0 Å². The first-order valence-electron chi connectivity index (χ1n) is 4.77. The van der Waals surface area contributed by atoms with Crippen molar-refractivity contribution in [2.24, 2.45) is 0 Å². The average Bonchev–Trinajstić information content (AvgIpc) is 3.40. The molecule has 0 spiro atoms. The van der Waals surface area contributed by atoms with Gasteiger partial charge in [0.2, 0.25) is 32.0 Å². The van der Waals surface area contributed by atoms with E-state index in [1.165, 1.54) is 51.0 Å². The first kappa shape index (κ1) is 14.6. The Kier molecular flexibility index (Phi) is 8.79. The summed E-state index contributed by atoms with van der Waals surface area (Å²) in [7, 11) is 0. The predicted molar refractivity (Wildman–Crippen MR) is 57.2 cm³/mol. The minimum absolute atomic E-state index is 1.26. The quantitative estimate of drug-likeness (QED) is 0.434. The summed E-state index contributed by atoms with van der Waals surface area (Å²) in [6.07, 6.45) is 10.3. The molecule has 104 valence electrons. The summed E-state index contributed by atoms with van der Waals surface area (Å²) in [5.41, 5.74) is 0. The lowest BCUT2D eigenvalue weighted by molar-refractivity contribution is 0.416. The normalized spacial score (nSPS) is 8.00. The van der Waals surface area contributed by atoms with E-state index in [0.29, 0.717) is 0 Å². The molecule has 4 aromatic heterocycles. The molecule has 0 fully saturated rings. The molecule has 0 amide bonds. The molecule has 0 N–H and O–H groups in total. The molecule has 12 heteroatoms. The zero-order chi connectivity index (χ0) is 14.1. The maximum absolute atomic E-state index is 4.36. The van der Waals surface area contributed by atoms with Crippen LogP contribution in [0.3, 0.4) is 0 Å². The lowest BCUT2D eigenvalue weighted by Gasteiger charge is -1.45. The molecule has 0 bridgehead atoms. The van der Waals surface area contributed by atoms with Crippen LogP contribution in [0.15, 0.2) is 68.9 Å². The molecule has 0 saturated heterocycles. The molecule has 4 aromatic rings. The Balaban J connectivity index is 0.000000133. The second kappa shape index (κ2) is 12.0. The van der Waals surface area contributed by atoms with Gasteiger partial charge in [-0.05, 0) is 0 Å². The summed E-state index contributed by atoms with van der Waals surface area (Å²) in [6, 6.07) is 0. The molecule has 0 radical (unpaired) electrons. The summed E-state index contributed by atoms with van der Waals surface area (Å²) in [5.74, 6) is 0. The van der Waals surface area contributed by atoms with Gasteiger partial charge < -0.3 is 18.0 Å². The maximum atomic E-state index is 4.36. The van der Waals surface area contributed by atoms with Crippen molar-refractivity contribution in [2.45, 2.75) is 0 Å². The molecule has 4 heterocycles. The topological polar surface area (TPSA) is 156 Å². The third-order valence-corrected chi connectivity index (χ3v) is 1.13. The Morgan fingerprint density at radius 3 is 1.00 bits per heavy atom. The molecule has 0 aliphatic heterocycles. The molecule has 0 aromatic carbocycles. The van der Waals surface area contributed by atoms with Gasteiger partial charge in [-0.15, -0.1) is 10.2 Å². The smallest absolute Gasteiger partial charge is 0.213 e. The van der Waals surface area contributed by atoms with Gasteiger partial charge in [-0.25, -0.2) is 15.0 Å². The highest BCUT2D eigenvalue weighted by Crippen LogP contribution is 1.65. The number of hydrogen-bond donors (Lipinski definition) is 0. The first-order valence-corrected chi connectivity index (χ1v) is 4.77. The number of nitrogens with zero attached hydrogens (tertiary/aromatic N) is 8. The monoisotopic (exact) mass is 280 g/mol. The molecule has 4 rings (SSSR count). The Morgan fingerprint density at radius 2 is 0.900 bits per heavy atom. The number of hydrogen-bond acceptors (Lipinski definition) is 12. The fraction of sp³-hybridized carbons (Fsp3) is 0. The second-order valence-corrected chi connectivity index (χ2v) is 2.32. The van der Waals surface area contributed by atoms with Crippen molar-refractivity contribution in [3.05, 3.63) is 51.0 Å². The summed E-state index contributed by atoms with van der Waals surface area (Å²) in [4.78, 5) is 10.3. The van der Waals surface area contributed by atoms with Gasteiger partial charge in [0, 0.05) is 0 Å². The summed E-state index contributed by atoms with van der Waals surface area (Å²) < 4.78 is 17.0. The van der Waals surface area contributed by atoms with Gasteiger partial charge in [0.1, 0.15) is 0 Å². The van der Waals surface area contributed by atoms with Gasteiger partial charge in [0.05, 0.1) is 0 Å². The molecule has 0 saturated carbocycles. The Labute approximate surface area is 110 Å². The second-order valence-electron chi connectivity index (χ2n) is 2.32. The number of rotatable bonds is 0. The van der Waals surface area contributed by atoms with Crippen molar-refractivity contribution < 1.29 is 18.0 Å². The third-order valence-electron chi connectivity index (χ3n) is 1.13. The van der Waals surface area contributed by atoms with Crippen molar-refractivity contribution >= 4 is 0 Å². The molecule has 20 heavy (non-hydrogen) atoms. The van der Waals surface area contributed by atoms with E-state index >= 15 is 0 Å². The third kappa shape index (κ3) is 9.76. The summed E-state index contributed by atoms with van der Waals surface area (Å²) in [5, 5.41) is 16.3. The van der Waals surface area contributed by atoms with Gasteiger partial charge in [0.25, 0.3) is 0 Å². The summed E-state index contributed by atoms with van der Waals surface area (Å²) in [6.45, 7) is 0. The van der Waals surface area contributed by atoms with E-state index in [9.17, 15) is 0 Å². The van der Waals surface area contributed by atoms with Crippen molar-refractivity contribution in [3.8, 4) is 0 Å². The molecule has 0 unspecified atom stereocenters. The lowest BCUT2D eigenvalue weighted by atomic mass is 11.3. The van der Waals surface area contributed by atoms with E-state index in [4.69, 9.17) is 0 Å². The molecule has 0 aliphatic carbocycles. The van der Waals surface area contributed by atoms with Crippen LogP contribution >= 0.6 is 0 Å². The van der Waals surface area contributed by atoms with Crippen LogP contribution in [0, 0.1) is 0 Å². The Morgan fingerprint density at radius 1 is 0.500 bits per heavy atom. The van der Waals surface area contributed by atoms with E-state index in [1.807, 2.05) is 0 Å². The molecule has 0 atom stereocenters. The van der Waals surface area contributed by atoms with Crippen LogP contribution in [0.2, 0.25) is 0 Å². The predicted octanol–water partition coefficient (Wildman–Crippen LogP) is 0.278. The van der Waals surface area contributed by atoms with E-state index in [0.717, 1.165) is 0 Å². The highest BCUT2D eigenvalue weighted by Gasteiger charge is 1.62. The zero-order valence-electron chi connectivity index (χ0n) is 9.83.